The first-order valence-electron chi connectivity index (χ1n) is 6.63. The van der Waals surface area contributed by atoms with Gasteiger partial charge in [0.1, 0.15) is 0 Å². The van der Waals surface area contributed by atoms with E-state index in [1.54, 1.807) is 30.3 Å². The summed E-state index contributed by atoms with van der Waals surface area (Å²) < 4.78 is 0. The Morgan fingerprint density at radius 2 is 1.90 bits per heavy atom. The maximum atomic E-state index is 12.0. The molecule has 5 heteroatoms. The number of rotatable bonds is 7. The van der Waals surface area contributed by atoms with E-state index in [2.05, 4.69) is 5.32 Å². The van der Waals surface area contributed by atoms with Gasteiger partial charge in [-0.3, -0.25) is 9.59 Å². The summed E-state index contributed by atoms with van der Waals surface area (Å²) in [6.45, 7) is 3.22. The molecule has 5 nitrogen and oxygen atoms in total. The van der Waals surface area contributed by atoms with E-state index in [1.165, 1.54) is 6.92 Å². The molecule has 0 aliphatic heterocycles. The van der Waals surface area contributed by atoms with Crippen LogP contribution in [-0.2, 0) is 15.0 Å². The first-order chi connectivity index (χ1) is 9.43. The zero-order valence-electron chi connectivity index (χ0n) is 11.8. The molecule has 0 heterocycles. The number of carboxylic acid groups (broad SMARTS) is 1. The number of carbonyl (C=O) groups is 2. The second kappa shape index (κ2) is 7.05. The number of amides is 1. The highest BCUT2D eigenvalue weighted by molar-refractivity contribution is 5.89. The number of aliphatic hydroxyl groups excluding tert-OH is 1. The fraction of sp³-hybridized carbons (Fsp3) is 0.467. The highest BCUT2D eigenvalue weighted by Gasteiger charge is 2.37. The third-order valence-corrected chi connectivity index (χ3v) is 3.48. The molecule has 0 fully saturated rings. The summed E-state index contributed by atoms with van der Waals surface area (Å²) >= 11 is 0. The Hall–Kier alpha value is -1.88. The van der Waals surface area contributed by atoms with Crippen LogP contribution in [0.3, 0.4) is 0 Å². The van der Waals surface area contributed by atoms with Crippen LogP contribution in [0, 0.1) is 0 Å². The number of aliphatic hydroxyl groups is 1. The molecule has 0 saturated carbocycles. The van der Waals surface area contributed by atoms with E-state index in [0.717, 1.165) is 0 Å². The van der Waals surface area contributed by atoms with Crippen molar-refractivity contribution in [1.29, 1.82) is 0 Å². The Kier molecular flexibility index (Phi) is 5.70. The third-order valence-electron chi connectivity index (χ3n) is 3.48. The molecule has 0 aliphatic rings. The SMILES string of the molecule is CC[C@H](CO)NC(=O)CC(C)(C(=O)O)c1ccccc1. The summed E-state index contributed by atoms with van der Waals surface area (Å²) in [4.78, 5) is 23.5. The standard InChI is InChI=1S/C15H21NO4/c1-3-12(10-17)16-13(18)9-15(2,14(19)20)11-7-5-4-6-8-11/h4-8,12,17H,3,9-10H2,1-2H3,(H,16,18)(H,19,20)/t12-,15?/m1/s1. The summed E-state index contributed by atoms with van der Waals surface area (Å²) in [7, 11) is 0. The predicted octanol–water partition coefficient (Wildman–Crippen LogP) is 1.31. The van der Waals surface area contributed by atoms with Crippen LogP contribution in [0.5, 0.6) is 0 Å². The molecule has 1 amide bonds. The van der Waals surface area contributed by atoms with Crippen LogP contribution in [0.15, 0.2) is 30.3 Å². The zero-order chi connectivity index (χ0) is 15.2. The molecular weight excluding hydrogens is 258 g/mol. The lowest BCUT2D eigenvalue weighted by Crippen LogP contribution is -2.43. The lowest BCUT2D eigenvalue weighted by molar-refractivity contribution is -0.145. The molecule has 3 N–H and O–H groups in total. The molecular formula is C15H21NO4. The van der Waals surface area contributed by atoms with Gasteiger partial charge >= 0.3 is 5.97 Å². The maximum Gasteiger partial charge on any atom is 0.314 e. The van der Waals surface area contributed by atoms with Gasteiger partial charge in [0.05, 0.1) is 18.1 Å². The smallest absolute Gasteiger partial charge is 0.314 e. The molecule has 0 radical (unpaired) electrons. The molecule has 0 bridgehead atoms. The van der Waals surface area contributed by atoms with Crippen molar-refractivity contribution in [2.24, 2.45) is 0 Å². The van der Waals surface area contributed by atoms with E-state index in [0.29, 0.717) is 12.0 Å². The Labute approximate surface area is 118 Å². The summed E-state index contributed by atoms with van der Waals surface area (Å²) in [6, 6.07) is 8.35. The molecule has 110 valence electrons. The van der Waals surface area contributed by atoms with Gasteiger partial charge < -0.3 is 15.5 Å². The first kappa shape index (κ1) is 16.2. The van der Waals surface area contributed by atoms with Gasteiger partial charge in [-0.15, -0.1) is 0 Å². The van der Waals surface area contributed by atoms with Crippen LogP contribution in [0.25, 0.3) is 0 Å². The number of aliphatic carboxylic acids is 1. The van der Waals surface area contributed by atoms with Crippen molar-refractivity contribution >= 4 is 11.9 Å². The van der Waals surface area contributed by atoms with Gasteiger partial charge in [-0.05, 0) is 18.9 Å². The lowest BCUT2D eigenvalue weighted by atomic mass is 9.79. The lowest BCUT2D eigenvalue weighted by Gasteiger charge is -2.26. The fourth-order valence-electron chi connectivity index (χ4n) is 1.98. The highest BCUT2D eigenvalue weighted by Crippen LogP contribution is 2.28. The van der Waals surface area contributed by atoms with E-state index >= 15 is 0 Å². The van der Waals surface area contributed by atoms with Gasteiger partial charge in [0.2, 0.25) is 5.91 Å². The minimum absolute atomic E-state index is 0.155. The predicted molar refractivity (Wildman–Crippen MR) is 75.4 cm³/mol. The Morgan fingerprint density at radius 3 is 2.35 bits per heavy atom. The van der Waals surface area contributed by atoms with Crippen LogP contribution >= 0.6 is 0 Å². The van der Waals surface area contributed by atoms with Crippen LogP contribution in [-0.4, -0.2) is 34.7 Å². The number of carbonyl (C=O) groups excluding carboxylic acids is 1. The van der Waals surface area contributed by atoms with Crippen molar-refractivity contribution in [2.75, 3.05) is 6.61 Å². The Morgan fingerprint density at radius 1 is 1.30 bits per heavy atom. The van der Waals surface area contributed by atoms with Crippen molar-refractivity contribution in [3.8, 4) is 0 Å². The van der Waals surface area contributed by atoms with E-state index in [-0.39, 0.29) is 25.0 Å². The Bertz CT molecular complexity index is 456. The van der Waals surface area contributed by atoms with Gasteiger partial charge in [-0.1, -0.05) is 37.3 Å². The summed E-state index contributed by atoms with van der Waals surface area (Å²) in [5, 5.41) is 21.2. The maximum absolute atomic E-state index is 12.0. The van der Waals surface area contributed by atoms with E-state index < -0.39 is 11.4 Å². The van der Waals surface area contributed by atoms with E-state index in [1.807, 2.05) is 6.92 Å². The first-order valence-corrected chi connectivity index (χ1v) is 6.63. The number of hydrogen-bond donors (Lipinski definition) is 3. The molecule has 0 spiro atoms. The van der Waals surface area contributed by atoms with Gasteiger partial charge in [-0.2, -0.15) is 0 Å². The molecule has 0 aromatic heterocycles. The fourth-order valence-corrected chi connectivity index (χ4v) is 1.98. The normalized spacial score (nSPS) is 15.2. The number of hydrogen-bond acceptors (Lipinski definition) is 3. The van der Waals surface area contributed by atoms with Gasteiger partial charge in [-0.25, -0.2) is 0 Å². The molecule has 1 unspecified atom stereocenters. The van der Waals surface area contributed by atoms with E-state index in [9.17, 15) is 14.7 Å². The van der Waals surface area contributed by atoms with Crippen molar-refractivity contribution in [1.82, 2.24) is 5.32 Å². The molecule has 2 atom stereocenters. The average Bonchev–Trinajstić information content (AvgIpc) is 2.45. The Balaban J connectivity index is 2.88. The molecule has 1 rings (SSSR count). The van der Waals surface area contributed by atoms with Crippen molar-refractivity contribution < 1.29 is 19.8 Å². The summed E-state index contributed by atoms with van der Waals surface area (Å²) in [6.07, 6.45) is 0.431. The largest absolute Gasteiger partial charge is 0.481 e. The second-order valence-corrected chi connectivity index (χ2v) is 5.04. The van der Waals surface area contributed by atoms with Gasteiger partial charge in [0, 0.05) is 6.42 Å². The summed E-state index contributed by atoms with van der Waals surface area (Å²) in [5.41, 5.74) is -0.696. The average molecular weight is 279 g/mol. The second-order valence-electron chi connectivity index (χ2n) is 5.04. The van der Waals surface area contributed by atoms with Crippen molar-refractivity contribution in [2.45, 2.75) is 38.1 Å². The molecule has 0 saturated heterocycles. The molecule has 1 aromatic rings. The minimum atomic E-state index is -1.28. The van der Waals surface area contributed by atoms with Crippen molar-refractivity contribution in [3.63, 3.8) is 0 Å². The number of nitrogens with one attached hydrogen (secondary N) is 1. The van der Waals surface area contributed by atoms with Crippen LogP contribution < -0.4 is 5.32 Å². The highest BCUT2D eigenvalue weighted by atomic mass is 16.4. The quantitative estimate of drug-likeness (QED) is 0.702. The monoisotopic (exact) mass is 279 g/mol. The molecule has 1 aromatic carbocycles. The summed E-state index contributed by atoms with van der Waals surface area (Å²) in [5.74, 6) is -1.42. The van der Waals surface area contributed by atoms with Crippen LogP contribution in [0.2, 0.25) is 0 Å². The molecule has 20 heavy (non-hydrogen) atoms. The molecule has 0 aliphatic carbocycles. The van der Waals surface area contributed by atoms with Crippen LogP contribution in [0.4, 0.5) is 0 Å². The zero-order valence-corrected chi connectivity index (χ0v) is 11.8. The van der Waals surface area contributed by atoms with Crippen LogP contribution in [0.1, 0.15) is 32.3 Å². The number of carboxylic acids is 1. The third kappa shape index (κ3) is 3.81. The van der Waals surface area contributed by atoms with Crippen molar-refractivity contribution in [3.05, 3.63) is 35.9 Å². The minimum Gasteiger partial charge on any atom is -0.481 e. The van der Waals surface area contributed by atoms with Gasteiger partial charge in [0.25, 0.3) is 0 Å². The van der Waals surface area contributed by atoms with E-state index in [4.69, 9.17) is 5.11 Å². The topological polar surface area (TPSA) is 86.6 Å². The number of benzene rings is 1. The van der Waals surface area contributed by atoms with Gasteiger partial charge in [0.15, 0.2) is 0 Å².